The van der Waals surface area contributed by atoms with Gasteiger partial charge in [0.1, 0.15) is 24.8 Å². The molecule has 1 aromatic rings. The van der Waals surface area contributed by atoms with Crippen molar-refractivity contribution >= 4 is 23.8 Å². The zero-order valence-corrected chi connectivity index (χ0v) is 17.1. The molecule has 0 radical (unpaired) electrons. The monoisotopic (exact) mass is 431 g/mol. The molecule has 2 aliphatic heterocycles. The van der Waals surface area contributed by atoms with Crippen molar-refractivity contribution < 1.29 is 33.4 Å². The van der Waals surface area contributed by atoms with E-state index in [1.807, 2.05) is 12.1 Å². The number of carbonyl (C=O) groups is 4. The minimum Gasteiger partial charge on any atom is -0.486 e. The van der Waals surface area contributed by atoms with E-state index < -0.39 is 42.5 Å². The van der Waals surface area contributed by atoms with Gasteiger partial charge in [-0.3, -0.25) is 19.3 Å². The Morgan fingerprint density at radius 3 is 2.68 bits per heavy atom. The van der Waals surface area contributed by atoms with Gasteiger partial charge < -0.3 is 24.8 Å². The van der Waals surface area contributed by atoms with Crippen molar-refractivity contribution in [3.63, 3.8) is 0 Å². The fraction of sp³-hybridized carbons (Fsp3) is 0.524. The van der Waals surface area contributed by atoms with Crippen LogP contribution in [0, 0.1) is 0 Å². The first-order chi connectivity index (χ1) is 15.0. The summed E-state index contributed by atoms with van der Waals surface area (Å²) >= 11 is 0. The smallest absolute Gasteiger partial charge is 0.326 e. The van der Waals surface area contributed by atoms with Crippen molar-refractivity contribution in [2.24, 2.45) is 0 Å². The summed E-state index contributed by atoms with van der Waals surface area (Å²) in [5.41, 5.74) is -0.895. The molecule has 0 aromatic heterocycles. The Morgan fingerprint density at radius 2 is 1.90 bits per heavy atom. The second-order valence-corrected chi connectivity index (χ2v) is 7.93. The molecule has 1 spiro atoms. The standard InChI is InChI=1S/C21H25N3O7/c25-17(22-10-14-12-29-15-6-2-3-7-16(15)31-14)13-30-18(26)11-24-19(27)21(23-20(24)28)8-4-1-5-9-21/h2-3,6-7,14H,1,4-5,8-13H2,(H,22,25)(H,23,28). The highest BCUT2D eigenvalue weighted by atomic mass is 16.6. The third-order valence-electron chi connectivity index (χ3n) is 5.70. The van der Waals surface area contributed by atoms with Crippen molar-refractivity contribution in [1.29, 1.82) is 0 Å². The van der Waals surface area contributed by atoms with Crippen molar-refractivity contribution in [2.45, 2.75) is 43.7 Å². The van der Waals surface area contributed by atoms with E-state index in [0.29, 0.717) is 24.3 Å². The van der Waals surface area contributed by atoms with Crippen LogP contribution in [0.3, 0.4) is 0 Å². The van der Waals surface area contributed by atoms with Crippen LogP contribution in [-0.4, -0.2) is 66.7 Å². The number of hydrogen-bond donors (Lipinski definition) is 2. The van der Waals surface area contributed by atoms with Gasteiger partial charge in [-0.15, -0.1) is 0 Å². The first-order valence-corrected chi connectivity index (χ1v) is 10.4. The molecule has 1 saturated heterocycles. The summed E-state index contributed by atoms with van der Waals surface area (Å²) in [6.07, 6.45) is 3.50. The first-order valence-electron chi connectivity index (χ1n) is 10.4. The van der Waals surface area contributed by atoms with Crippen LogP contribution in [0.15, 0.2) is 24.3 Å². The summed E-state index contributed by atoms with van der Waals surface area (Å²) in [5.74, 6) is -0.485. The van der Waals surface area contributed by atoms with Gasteiger partial charge in [-0.1, -0.05) is 31.4 Å². The number of nitrogens with one attached hydrogen (secondary N) is 2. The summed E-state index contributed by atoms with van der Waals surface area (Å²) in [6.45, 7) is -0.570. The molecule has 2 N–H and O–H groups in total. The number of nitrogens with zero attached hydrogens (tertiary/aromatic N) is 1. The number of esters is 1. The maximum Gasteiger partial charge on any atom is 0.326 e. The second kappa shape index (κ2) is 8.83. The molecule has 2 fully saturated rings. The van der Waals surface area contributed by atoms with Crippen molar-refractivity contribution in [3.8, 4) is 11.5 Å². The molecule has 0 bridgehead atoms. The SMILES string of the molecule is O=C(COC(=O)CN1C(=O)NC2(CCCCC2)C1=O)NCC1COc2ccccc2O1. The largest absolute Gasteiger partial charge is 0.486 e. The lowest BCUT2D eigenvalue weighted by molar-refractivity contribution is -0.151. The highest BCUT2D eigenvalue weighted by Crippen LogP contribution is 2.33. The zero-order chi connectivity index (χ0) is 21.8. The van der Waals surface area contributed by atoms with Gasteiger partial charge in [-0.25, -0.2) is 4.79 Å². The van der Waals surface area contributed by atoms with Crippen LogP contribution in [0.2, 0.25) is 0 Å². The minimum atomic E-state index is -0.895. The Bertz CT molecular complexity index is 881. The van der Waals surface area contributed by atoms with Gasteiger partial charge in [0, 0.05) is 0 Å². The highest BCUT2D eigenvalue weighted by molar-refractivity contribution is 6.08. The Morgan fingerprint density at radius 1 is 1.16 bits per heavy atom. The number of ether oxygens (including phenoxy) is 3. The molecule has 1 aromatic carbocycles. The number of benzene rings is 1. The van der Waals surface area contributed by atoms with E-state index in [0.717, 1.165) is 24.2 Å². The highest BCUT2D eigenvalue weighted by Gasteiger charge is 2.51. The number of urea groups is 1. The third kappa shape index (κ3) is 4.57. The van der Waals surface area contributed by atoms with E-state index in [1.54, 1.807) is 12.1 Å². The second-order valence-electron chi connectivity index (χ2n) is 7.93. The molecule has 1 atom stereocenters. The normalized spacial score (nSPS) is 21.5. The Labute approximate surface area is 179 Å². The molecular weight excluding hydrogens is 406 g/mol. The summed E-state index contributed by atoms with van der Waals surface area (Å²) < 4.78 is 16.2. The van der Waals surface area contributed by atoms with Gasteiger partial charge in [0.05, 0.1) is 6.54 Å². The fourth-order valence-corrected chi connectivity index (χ4v) is 4.08. The van der Waals surface area contributed by atoms with Gasteiger partial charge in [0.2, 0.25) is 0 Å². The average molecular weight is 431 g/mol. The Kier molecular flexibility index (Phi) is 5.97. The lowest BCUT2D eigenvalue weighted by Crippen LogP contribution is -2.48. The molecule has 3 aliphatic rings. The van der Waals surface area contributed by atoms with E-state index in [1.165, 1.54) is 0 Å². The lowest BCUT2D eigenvalue weighted by atomic mass is 9.82. The fourth-order valence-electron chi connectivity index (χ4n) is 4.08. The number of rotatable bonds is 6. The minimum absolute atomic E-state index is 0.181. The molecule has 10 heteroatoms. The number of amides is 4. The van der Waals surface area contributed by atoms with Crippen LogP contribution in [0.4, 0.5) is 4.79 Å². The molecule has 1 aliphatic carbocycles. The van der Waals surface area contributed by atoms with Gasteiger partial charge in [0.15, 0.2) is 18.1 Å². The Balaban J connectivity index is 1.19. The van der Waals surface area contributed by atoms with Crippen LogP contribution in [-0.2, 0) is 19.1 Å². The van der Waals surface area contributed by atoms with Crippen molar-refractivity contribution in [1.82, 2.24) is 15.5 Å². The van der Waals surface area contributed by atoms with Gasteiger partial charge in [-0.05, 0) is 25.0 Å². The maximum atomic E-state index is 12.7. The molecule has 1 unspecified atom stereocenters. The Hall–Kier alpha value is -3.30. The molecule has 166 valence electrons. The van der Waals surface area contributed by atoms with Gasteiger partial charge >= 0.3 is 12.0 Å². The molecule has 4 amide bonds. The molecule has 2 heterocycles. The van der Waals surface area contributed by atoms with E-state index in [9.17, 15) is 19.2 Å². The van der Waals surface area contributed by atoms with E-state index in [-0.39, 0.29) is 19.3 Å². The topological polar surface area (TPSA) is 123 Å². The number of fused-ring (bicyclic) bond motifs is 1. The quantitative estimate of drug-likeness (QED) is 0.503. The van der Waals surface area contributed by atoms with Gasteiger partial charge in [-0.2, -0.15) is 0 Å². The predicted molar refractivity (Wildman–Crippen MR) is 106 cm³/mol. The van der Waals surface area contributed by atoms with Crippen LogP contribution >= 0.6 is 0 Å². The first kappa shape index (κ1) is 21.0. The van der Waals surface area contributed by atoms with Gasteiger partial charge in [0.25, 0.3) is 11.8 Å². The number of para-hydroxylation sites is 2. The van der Waals surface area contributed by atoms with E-state index >= 15 is 0 Å². The molecular formula is C21H25N3O7. The lowest BCUT2D eigenvalue weighted by Gasteiger charge is -2.30. The molecule has 1 saturated carbocycles. The molecule has 31 heavy (non-hydrogen) atoms. The van der Waals surface area contributed by atoms with E-state index in [2.05, 4.69) is 10.6 Å². The summed E-state index contributed by atoms with van der Waals surface area (Å²) in [4.78, 5) is 49.8. The molecule has 4 rings (SSSR count). The summed E-state index contributed by atoms with van der Waals surface area (Å²) in [5, 5.41) is 5.34. The van der Waals surface area contributed by atoms with Crippen LogP contribution in [0.5, 0.6) is 11.5 Å². The third-order valence-corrected chi connectivity index (χ3v) is 5.70. The summed E-state index contributed by atoms with van der Waals surface area (Å²) in [6, 6.07) is 6.64. The van der Waals surface area contributed by atoms with Crippen LogP contribution in [0.25, 0.3) is 0 Å². The number of imide groups is 1. The van der Waals surface area contributed by atoms with Crippen molar-refractivity contribution in [3.05, 3.63) is 24.3 Å². The number of carbonyl (C=O) groups excluding carboxylic acids is 4. The summed E-state index contributed by atoms with van der Waals surface area (Å²) in [7, 11) is 0. The molecule has 10 nitrogen and oxygen atoms in total. The average Bonchev–Trinajstić information content (AvgIpc) is 3.00. The predicted octanol–water partition coefficient (Wildman–Crippen LogP) is 0.741. The van der Waals surface area contributed by atoms with Crippen LogP contribution < -0.4 is 20.1 Å². The zero-order valence-electron chi connectivity index (χ0n) is 17.1. The van der Waals surface area contributed by atoms with Crippen LogP contribution in [0.1, 0.15) is 32.1 Å². The number of hydrogen-bond acceptors (Lipinski definition) is 7. The van der Waals surface area contributed by atoms with Crippen molar-refractivity contribution in [2.75, 3.05) is 26.3 Å². The van der Waals surface area contributed by atoms with E-state index in [4.69, 9.17) is 14.2 Å². The maximum absolute atomic E-state index is 12.7.